The molecule has 0 aromatic heterocycles. The Bertz CT molecular complexity index is 164. The molecule has 0 saturated carbocycles. The first kappa shape index (κ1) is 11.2. The van der Waals surface area contributed by atoms with Gasteiger partial charge in [-0.1, -0.05) is 38.3 Å². The van der Waals surface area contributed by atoms with Crippen molar-refractivity contribution in [1.82, 2.24) is 5.32 Å². The highest BCUT2D eigenvalue weighted by Gasteiger charge is 2.02. The molecule has 0 spiro atoms. The van der Waals surface area contributed by atoms with Gasteiger partial charge in [0, 0.05) is 6.04 Å². The van der Waals surface area contributed by atoms with Crippen molar-refractivity contribution in [2.24, 2.45) is 0 Å². The summed E-state index contributed by atoms with van der Waals surface area (Å²) in [5.74, 6) is 0. The van der Waals surface area contributed by atoms with Crippen molar-refractivity contribution in [3.8, 4) is 0 Å². The quantitative estimate of drug-likeness (QED) is 0.597. The van der Waals surface area contributed by atoms with Crippen LogP contribution in [0.25, 0.3) is 0 Å². The van der Waals surface area contributed by atoms with Gasteiger partial charge in [0.1, 0.15) is 0 Å². The van der Waals surface area contributed by atoms with E-state index in [9.17, 15) is 0 Å². The molecule has 0 rings (SSSR count). The van der Waals surface area contributed by atoms with Crippen LogP contribution >= 0.6 is 0 Å². The molecular weight excluding hydrogens is 146 g/mol. The molecule has 0 aromatic rings. The van der Waals surface area contributed by atoms with Gasteiger partial charge in [0.15, 0.2) is 0 Å². The molecular formula is C11H19N. The Morgan fingerprint density at radius 3 is 2.50 bits per heavy atom. The van der Waals surface area contributed by atoms with Crippen LogP contribution in [0.1, 0.15) is 19.8 Å². The minimum absolute atomic E-state index is 0.550. The largest absolute Gasteiger partial charge is 0.317 e. The maximum Gasteiger partial charge on any atom is 0.0102 e. The highest BCUT2D eigenvalue weighted by molar-refractivity contribution is 5.21. The normalized spacial score (nSPS) is 14.0. The molecule has 0 saturated heterocycles. The zero-order valence-electron chi connectivity index (χ0n) is 8.14. The lowest BCUT2D eigenvalue weighted by molar-refractivity contribution is 0.545. The van der Waals surface area contributed by atoms with Crippen molar-refractivity contribution in [3.63, 3.8) is 0 Å². The average Bonchev–Trinajstić information content (AvgIpc) is 2.12. The summed E-state index contributed by atoms with van der Waals surface area (Å²) in [6, 6.07) is 0.550. The third-order valence-electron chi connectivity index (χ3n) is 1.98. The van der Waals surface area contributed by atoms with Gasteiger partial charge in [0.05, 0.1) is 0 Å². The van der Waals surface area contributed by atoms with Gasteiger partial charge in [-0.2, -0.15) is 0 Å². The number of nitrogens with one attached hydrogen (secondary N) is 1. The van der Waals surface area contributed by atoms with Crippen molar-refractivity contribution < 1.29 is 0 Å². The lowest BCUT2D eigenvalue weighted by Crippen LogP contribution is -2.24. The Labute approximate surface area is 75.9 Å². The van der Waals surface area contributed by atoms with Crippen molar-refractivity contribution in [3.05, 3.63) is 37.0 Å². The molecule has 0 fully saturated rings. The molecule has 1 nitrogen and oxygen atoms in total. The van der Waals surface area contributed by atoms with E-state index in [0.29, 0.717) is 6.04 Å². The summed E-state index contributed by atoms with van der Waals surface area (Å²) in [5, 5.41) is 3.25. The molecule has 0 aliphatic rings. The van der Waals surface area contributed by atoms with Gasteiger partial charge in [0.2, 0.25) is 0 Å². The third kappa shape index (κ3) is 4.14. The molecule has 0 aromatic carbocycles. The second-order valence-electron chi connectivity index (χ2n) is 2.78. The molecule has 0 heterocycles. The number of hydrogen-bond acceptors (Lipinski definition) is 1. The molecule has 0 aliphatic heterocycles. The average molecular weight is 165 g/mol. The lowest BCUT2D eigenvalue weighted by Gasteiger charge is -2.13. The minimum Gasteiger partial charge on any atom is -0.317 e. The smallest absolute Gasteiger partial charge is 0.0102 e. The van der Waals surface area contributed by atoms with Crippen LogP contribution in [0, 0.1) is 0 Å². The predicted molar refractivity (Wildman–Crippen MR) is 56.2 cm³/mol. The second-order valence-corrected chi connectivity index (χ2v) is 2.78. The van der Waals surface area contributed by atoms with E-state index in [1.54, 1.807) is 6.08 Å². The first-order valence-corrected chi connectivity index (χ1v) is 4.39. The number of allylic oxidation sites excluding steroid dienone is 3. The molecule has 0 bridgehead atoms. The van der Waals surface area contributed by atoms with Crippen molar-refractivity contribution >= 4 is 0 Å². The zero-order valence-corrected chi connectivity index (χ0v) is 8.14. The summed E-state index contributed by atoms with van der Waals surface area (Å²) in [6.45, 7) is 9.60. The second kappa shape index (κ2) is 6.86. The maximum atomic E-state index is 3.76. The molecule has 0 radical (unpaired) electrons. The fourth-order valence-corrected chi connectivity index (χ4v) is 1.11. The van der Waals surface area contributed by atoms with E-state index in [1.807, 2.05) is 19.2 Å². The van der Waals surface area contributed by atoms with Crippen molar-refractivity contribution in [2.45, 2.75) is 25.8 Å². The molecule has 1 unspecified atom stereocenters. The summed E-state index contributed by atoms with van der Waals surface area (Å²) < 4.78 is 0. The third-order valence-corrected chi connectivity index (χ3v) is 1.98. The van der Waals surface area contributed by atoms with Crippen LogP contribution in [-0.4, -0.2) is 13.1 Å². The van der Waals surface area contributed by atoms with Gasteiger partial charge in [-0.05, 0) is 25.5 Å². The Morgan fingerprint density at radius 1 is 1.50 bits per heavy atom. The summed E-state index contributed by atoms with van der Waals surface area (Å²) in [7, 11) is 1.99. The molecule has 0 aliphatic carbocycles. The van der Waals surface area contributed by atoms with Crippen LogP contribution in [0.3, 0.4) is 0 Å². The first-order valence-electron chi connectivity index (χ1n) is 4.39. The molecule has 68 valence electrons. The van der Waals surface area contributed by atoms with Crippen molar-refractivity contribution in [2.75, 3.05) is 7.05 Å². The Balaban J connectivity index is 4.08. The Kier molecular flexibility index (Phi) is 6.39. The van der Waals surface area contributed by atoms with Gasteiger partial charge < -0.3 is 5.32 Å². The molecule has 1 heteroatoms. The van der Waals surface area contributed by atoms with Gasteiger partial charge >= 0.3 is 0 Å². The van der Waals surface area contributed by atoms with E-state index in [4.69, 9.17) is 0 Å². The lowest BCUT2D eigenvalue weighted by atomic mass is 10.0. The van der Waals surface area contributed by atoms with Crippen molar-refractivity contribution in [1.29, 1.82) is 0 Å². The van der Waals surface area contributed by atoms with Crippen LogP contribution in [0.5, 0.6) is 0 Å². The van der Waals surface area contributed by atoms with Gasteiger partial charge in [0.25, 0.3) is 0 Å². The highest BCUT2D eigenvalue weighted by atomic mass is 14.9. The predicted octanol–water partition coefficient (Wildman–Crippen LogP) is 2.67. The van der Waals surface area contributed by atoms with Crippen LogP contribution in [-0.2, 0) is 0 Å². The highest BCUT2D eigenvalue weighted by Crippen LogP contribution is 2.08. The SMILES string of the molecule is C=C/C=C(\C=C)CC(CC)NC. The van der Waals surface area contributed by atoms with E-state index in [2.05, 4.69) is 25.4 Å². The Morgan fingerprint density at radius 2 is 2.17 bits per heavy atom. The molecule has 0 amide bonds. The fraction of sp³-hybridized carbons (Fsp3) is 0.455. The van der Waals surface area contributed by atoms with Gasteiger partial charge in [-0.15, -0.1) is 0 Å². The number of rotatable bonds is 6. The van der Waals surface area contributed by atoms with E-state index < -0.39 is 0 Å². The summed E-state index contributed by atoms with van der Waals surface area (Å²) in [6.07, 6.45) is 7.87. The van der Waals surface area contributed by atoms with Crippen LogP contribution in [0.2, 0.25) is 0 Å². The summed E-state index contributed by atoms with van der Waals surface area (Å²) in [5.41, 5.74) is 1.24. The summed E-state index contributed by atoms with van der Waals surface area (Å²) >= 11 is 0. The molecule has 1 N–H and O–H groups in total. The van der Waals surface area contributed by atoms with E-state index >= 15 is 0 Å². The first-order chi connectivity index (χ1) is 5.78. The van der Waals surface area contributed by atoms with Crippen LogP contribution in [0.4, 0.5) is 0 Å². The maximum absolute atomic E-state index is 3.76. The van der Waals surface area contributed by atoms with Gasteiger partial charge in [-0.3, -0.25) is 0 Å². The monoisotopic (exact) mass is 165 g/mol. The van der Waals surface area contributed by atoms with E-state index in [0.717, 1.165) is 12.8 Å². The molecule has 12 heavy (non-hydrogen) atoms. The van der Waals surface area contributed by atoms with Gasteiger partial charge in [-0.25, -0.2) is 0 Å². The van der Waals surface area contributed by atoms with Crippen LogP contribution in [0.15, 0.2) is 37.0 Å². The zero-order chi connectivity index (χ0) is 9.40. The topological polar surface area (TPSA) is 12.0 Å². The Hall–Kier alpha value is -0.820. The standard InChI is InChI=1S/C11H19N/c1-5-8-10(6-2)9-11(7-3)12-4/h5-6,8,11-12H,1-2,7,9H2,3-4H3/b10-8+. The van der Waals surface area contributed by atoms with Crippen LogP contribution < -0.4 is 5.32 Å². The minimum atomic E-state index is 0.550. The summed E-state index contributed by atoms with van der Waals surface area (Å²) in [4.78, 5) is 0. The fourth-order valence-electron chi connectivity index (χ4n) is 1.11. The molecule has 1 atom stereocenters. The van der Waals surface area contributed by atoms with E-state index in [-0.39, 0.29) is 0 Å². The number of hydrogen-bond donors (Lipinski definition) is 1. The van der Waals surface area contributed by atoms with E-state index in [1.165, 1.54) is 5.57 Å².